The van der Waals surface area contributed by atoms with Crippen LogP contribution < -0.4 is 33.2 Å². The Morgan fingerprint density at radius 3 is 2.16 bits per heavy atom. The van der Waals surface area contributed by atoms with Gasteiger partial charge in [0.05, 0.1) is 12.9 Å². The van der Waals surface area contributed by atoms with Gasteiger partial charge in [-0.2, -0.15) is 0 Å². The highest BCUT2D eigenvalue weighted by molar-refractivity contribution is 5.93. The molecule has 1 aromatic carbocycles. The number of carbonyl (C=O) groups is 4. The number of aliphatic imine (C=N–C) groups is 1. The fourth-order valence-corrected chi connectivity index (χ4v) is 3.46. The third-order valence-electron chi connectivity index (χ3n) is 5.39. The van der Waals surface area contributed by atoms with Crippen LogP contribution in [0.4, 0.5) is 0 Å². The average Bonchev–Trinajstić information content (AvgIpc) is 3.39. The van der Waals surface area contributed by atoms with E-state index in [1.165, 1.54) is 24.7 Å². The van der Waals surface area contributed by atoms with Crippen LogP contribution in [-0.2, 0) is 32.0 Å². The minimum atomic E-state index is -1.27. The van der Waals surface area contributed by atoms with Gasteiger partial charge in [0, 0.05) is 31.3 Å². The molecular weight excluding hydrogens is 498 g/mol. The summed E-state index contributed by atoms with van der Waals surface area (Å²) in [5.41, 5.74) is 17.1. The van der Waals surface area contributed by atoms with Crippen molar-refractivity contribution in [1.29, 1.82) is 0 Å². The average molecular weight is 532 g/mol. The second-order valence-corrected chi connectivity index (χ2v) is 8.39. The van der Waals surface area contributed by atoms with E-state index in [-0.39, 0.29) is 50.5 Å². The number of amides is 3. The monoisotopic (exact) mass is 531 g/mol. The molecule has 1 aromatic heterocycles. The van der Waals surface area contributed by atoms with E-state index in [0.29, 0.717) is 11.3 Å². The fourth-order valence-electron chi connectivity index (χ4n) is 3.46. The van der Waals surface area contributed by atoms with Crippen LogP contribution in [0.2, 0.25) is 0 Å². The lowest BCUT2D eigenvalue weighted by molar-refractivity contribution is -0.142. The number of benzene rings is 1. The van der Waals surface area contributed by atoms with E-state index in [1.807, 2.05) is 0 Å². The van der Waals surface area contributed by atoms with E-state index in [4.69, 9.17) is 17.2 Å². The van der Waals surface area contributed by atoms with Gasteiger partial charge < -0.3 is 48.3 Å². The number of carboxylic acids is 1. The largest absolute Gasteiger partial charge is 0.508 e. The molecule has 15 heteroatoms. The van der Waals surface area contributed by atoms with E-state index < -0.39 is 41.8 Å². The van der Waals surface area contributed by atoms with E-state index >= 15 is 0 Å². The van der Waals surface area contributed by atoms with Crippen molar-refractivity contribution < 1.29 is 29.4 Å². The zero-order chi connectivity index (χ0) is 28.1. The number of aromatic nitrogens is 2. The van der Waals surface area contributed by atoms with Crippen molar-refractivity contribution in [3.63, 3.8) is 0 Å². The summed E-state index contributed by atoms with van der Waals surface area (Å²) in [6, 6.07) is 2.45. The van der Waals surface area contributed by atoms with Gasteiger partial charge in [-0.25, -0.2) is 9.78 Å². The summed E-state index contributed by atoms with van der Waals surface area (Å²) in [4.78, 5) is 60.6. The van der Waals surface area contributed by atoms with Gasteiger partial charge in [-0.05, 0) is 30.5 Å². The lowest BCUT2D eigenvalue weighted by atomic mass is 10.0. The number of phenolic OH excluding ortho intramolecular Hbond substituents is 1. The molecule has 0 aliphatic heterocycles. The molecule has 0 radical (unpaired) electrons. The number of aromatic amines is 1. The number of aromatic hydroxyl groups is 1. The number of imidazole rings is 1. The molecule has 0 aliphatic rings. The van der Waals surface area contributed by atoms with Gasteiger partial charge in [-0.15, -0.1) is 0 Å². The number of hydrogen-bond acceptors (Lipinski definition) is 8. The van der Waals surface area contributed by atoms with Crippen molar-refractivity contribution in [1.82, 2.24) is 25.9 Å². The summed E-state index contributed by atoms with van der Waals surface area (Å²) < 4.78 is 0. The van der Waals surface area contributed by atoms with Crippen molar-refractivity contribution >= 4 is 29.7 Å². The summed E-state index contributed by atoms with van der Waals surface area (Å²) >= 11 is 0. The van der Waals surface area contributed by atoms with Crippen LogP contribution in [0, 0.1) is 0 Å². The molecule has 15 nitrogen and oxygen atoms in total. The van der Waals surface area contributed by atoms with Crippen LogP contribution in [0.1, 0.15) is 24.1 Å². The SMILES string of the molecule is NCC(=O)NC(Cc1ccc(O)cc1)C(=O)NC(Cc1cnc[nH]1)C(=O)NC(CCCN=C(N)N)C(=O)O. The van der Waals surface area contributed by atoms with Gasteiger partial charge in [0.15, 0.2) is 5.96 Å². The standard InChI is InChI=1S/C23H33N9O6/c24-10-19(34)30-17(8-13-3-5-15(33)6-4-13)20(35)32-18(9-14-11-27-12-29-14)21(36)31-16(22(37)38)2-1-7-28-23(25)26/h3-6,11-12,16-18,33H,1-2,7-10,24H2,(H,27,29)(H,30,34)(H,31,36)(H,32,35)(H,37,38)(H4,25,26,28). The van der Waals surface area contributed by atoms with Crippen molar-refractivity contribution in [3.8, 4) is 5.75 Å². The first-order valence-corrected chi connectivity index (χ1v) is 11.7. The molecule has 2 rings (SSSR count). The molecule has 12 N–H and O–H groups in total. The zero-order valence-corrected chi connectivity index (χ0v) is 20.6. The molecule has 206 valence electrons. The predicted octanol–water partition coefficient (Wildman–Crippen LogP) is -2.55. The molecule has 2 aromatic rings. The first-order chi connectivity index (χ1) is 18.1. The molecule has 1 heterocycles. The van der Waals surface area contributed by atoms with Gasteiger partial charge in [-0.3, -0.25) is 19.4 Å². The first-order valence-electron chi connectivity index (χ1n) is 11.7. The summed E-state index contributed by atoms with van der Waals surface area (Å²) in [6.07, 6.45) is 3.18. The maximum absolute atomic E-state index is 13.2. The van der Waals surface area contributed by atoms with Crippen LogP contribution in [0.3, 0.4) is 0 Å². The molecule has 3 atom stereocenters. The summed E-state index contributed by atoms with van der Waals surface area (Å²) in [7, 11) is 0. The van der Waals surface area contributed by atoms with Crippen molar-refractivity contribution in [2.75, 3.05) is 13.1 Å². The van der Waals surface area contributed by atoms with Crippen molar-refractivity contribution in [2.24, 2.45) is 22.2 Å². The predicted molar refractivity (Wildman–Crippen MR) is 136 cm³/mol. The van der Waals surface area contributed by atoms with Gasteiger partial charge >= 0.3 is 5.97 Å². The number of H-pyrrole nitrogens is 1. The summed E-state index contributed by atoms with van der Waals surface area (Å²) in [5.74, 6) is -3.41. The molecule has 0 spiro atoms. The van der Waals surface area contributed by atoms with Crippen LogP contribution in [0.25, 0.3) is 0 Å². The number of nitrogens with two attached hydrogens (primary N) is 3. The number of carboxylic acid groups (broad SMARTS) is 1. The molecule has 0 bridgehead atoms. The summed E-state index contributed by atoms with van der Waals surface area (Å²) in [5, 5.41) is 26.6. The Morgan fingerprint density at radius 2 is 1.61 bits per heavy atom. The Bertz CT molecular complexity index is 1100. The number of carbonyl (C=O) groups excluding carboxylic acids is 3. The Labute approximate surface area is 218 Å². The highest BCUT2D eigenvalue weighted by atomic mass is 16.4. The zero-order valence-electron chi connectivity index (χ0n) is 20.6. The van der Waals surface area contributed by atoms with Gasteiger partial charge in [0.1, 0.15) is 23.9 Å². The van der Waals surface area contributed by atoms with Gasteiger partial charge in [-0.1, -0.05) is 12.1 Å². The third-order valence-corrected chi connectivity index (χ3v) is 5.39. The van der Waals surface area contributed by atoms with E-state index in [9.17, 15) is 29.4 Å². The quantitative estimate of drug-likeness (QED) is 0.0659. The minimum absolute atomic E-state index is 0.0309. The maximum Gasteiger partial charge on any atom is 0.326 e. The van der Waals surface area contributed by atoms with Gasteiger partial charge in [0.2, 0.25) is 17.7 Å². The molecule has 0 saturated heterocycles. The molecule has 0 aliphatic carbocycles. The van der Waals surface area contributed by atoms with E-state index in [0.717, 1.165) is 0 Å². The molecule has 3 amide bonds. The number of nitrogens with zero attached hydrogens (tertiary/aromatic N) is 2. The Balaban J connectivity index is 2.19. The van der Waals surface area contributed by atoms with Gasteiger partial charge in [0.25, 0.3) is 0 Å². The highest BCUT2D eigenvalue weighted by Gasteiger charge is 2.30. The highest BCUT2D eigenvalue weighted by Crippen LogP contribution is 2.12. The third kappa shape index (κ3) is 10.1. The lowest BCUT2D eigenvalue weighted by Gasteiger charge is -2.24. The van der Waals surface area contributed by atoms with E-state index in [1.54, 1.807) is 12.1 Å². The fraction of sp³-hybridized carbons (Fsp3) is 0.391. The van der Waals surface area contributed by atoms with Crippen molar-refractivity contribution in [3.05, 3.63) is 48.0 Å². The number of rotatable bonds is 15. The number of guanidine groups is 1. The molecule has 3 unspecified atom stereocenters. The Hall–Kier alpha value is -4.66. The Kier molecular flexibility index (Phi) is 11.5. The number of aliphatic carboxylic acids is 1. The summed E-state index contributed by atoms with van der Waals surface area (Å²) in [6.45, 7) is -0.187. The van der Waals surface area contributed by atoms with Crippen molar-refractivity contribution in [2.45, 2.75) is 43.8 Å². The van der Waals surface area contributed by atoms with Crippen LogP contribution in [0.5, 0.6) is 5.75 Å². The minimum Gasteiger partial charge on any atom is -0.508 e. The number of hydrogen-bond donors (Lipinski definition) is 9. The normalized spacial score (nSPS) is 13.0. The molecule has 0 fully saturated rings. The second kappa shape index (κ2) is 14.8. The smallest absolute Gasteiger partial charge is 0.326 e. The lowest BCUT2D eigenvalue weighted by Crippen LogP contribution is -2.57. The van der Waals surface area contributed by atoms with Crippen LogP contribution in [-0.4, -0.2) is 81.0 Å². The van der Waals surface area contributed by atoms with Crippen LogP contribution >= 0.6 is 0 Å². The number of nitrogens with one attached hydrogen (secondary N) is 4. The maximum atomic E-state index is 13.2. The topological polar surface area (TPSA) is 264 Å². The van der Waals surface area contributed by atoms with Crippen LogP contribution in [0.15, 0.2) is 41.8 Å². The Morgan fingerprint density at radius 1 is 0.974 bits per heavy atom. The number of phenols is 1. The molecular formula is C23H33N9O6. The second-order valence-electron chi connectivity index (χ2n) is 8.39. The molecule has 38 heavy (non-hydrogen) atoms. The first kappa shape index (κ1) is 29.6. The van der Waals surface area contributed by atoms with E-state index in [2.05, 4.69) is 30.9 Å². The molecule has 0 saturated carbocycles.